The summed E-state index contributed by atoms with van der Waals surface area (Å²) < 4.78 is 5.31. The first-order valence-electron chi connectivity index (χ1n) is 4.09. The van der Waals surface area contributed by atoms with Gasteiger partial charge in [-0.1, -0.05) is 27.7 Å². The van der Waals surface area contributed by atoms with Gasteiger partial charge in [-0.05, 0) is 5.92 Å². The number of hydrogen-bond acceptors (Lipinski definition) is 2. The highest BCUT2D eigenvalue weighted by molar-refractivity contribution is 4.80. The van der Waals surface area contributed by atoms with Crippen LogP contribution in [0.25, 0.3) is 0 Å². The summed E-state index contributed by atoms with van der Waals surface area (Å²) in [7, 11) is 1.70. The quantitative estimate of drug-likeness (QED) is 0.678. The Morgan fingerprint density at radius 1 is 1.36 bits per heavy atom. The van der Waals surface area contributed by atoms with Crippen molar-refractivity contribution in [3.05, 3.63) is 0 Å². The van der Waals surface area contributed by atoms with Gasteiger partial charge in [0.05, 0.1) is 12.7 Å². The second-order valence-electron chi connectivity index (χ2n) is 4.05. The van der Waals surface area contributed by atoms with Crippen molar-refractivity contribution in [1.82, 2.24) is 0 Å². The molecule has 2 nitrogen and oxygen atoms in total. The lowest BCUT2D eigenvalue weighted by Crippen LogP contribution is -2.38. The van der Waals surface area contributed by atoms with Gasteiger partial charge in [0.15, 0.2) is 0 Å². The lowest BCUT2D eigenvalue weighted by atomic mass is 9.81. The molecule has 1 atom stereocenters. The average Bonchev–Trinajstić information content (AvgIpc) is 1.88. The molecule has 0 bridgehead atoms. The van der Waals surface area contributed by atoms with Crippen LogP contribution < -0.4 is 0 Å². The standard InChI is InChI=1S/C9H20O2/c1-7(2)8(11-5)9(3,4)6-10/h7-8,10H,6H2,1-5H3. The predicted octanol–water partition coefficient (Wildman–Crippen LogP) is 1.68. The third-order valence-electron chi connectivity index (χ3n) is 2.04. The normalized spacial score (nSPS) is 15.5. The number of hydrogen-bond donors (Lipinski definition) is 1. The third kappa shape index (κ3) is 2.80. The first-order chi connectivity index (χ1) is 4.95. The van der Waals surface area contributed by atoms with Crippen LogP contribution in [0.1, 0.15) is 27.7 Å². The topological polar surface area (TPSA) is 29.5 Å². The summed E-state index contributed by atoms with van der Waals surface area (Å²) in [6, 6.07) is 0. The minimum atomic E-state index is -0.136. The molecule has 0 aliphatic carbocycles. The van der Waals surface area contributed by atoms with E-state index in [0.717, 1.165) is 0 Å². The Kier molecular flexibility index (Phi) is 4.04. The van der Waals surface area contributed by atoms with E-state index >= 15 is 0 Å². The third-order valence-corrected chi connectivity index (χ3v) is 2.04. The fraction of sp³-hybridized carbons (Fsp3) is 1.00. The SMILES string of the molecule is COC(C(C)C)C(C)(C)CO. The summed E-state index contributed by atoms with van der Waals surface area (Å²) in [5, 5.41) is 9.06. The first-order valence-corrected chi connectivity index (χ1v) is 4.09. The number of aliphatic hydroxyl groups excluding tert-OH is 1. The molecule has 0 aromatic carbocycles. The van der Waals surface area contributed by atoms with E-state index in [1.54, 1.807) is 7.11 Å². The van der Waals surface area contributed by atoms with E-state index in [-0.39, 0.29) is 18.1 Å². The molecule has 68 valence electrons. The molecule has 0 saturated carbocycles. The molecule has 0 radical (unpaired) electrons. The van der Waals surface area contributed by atoms with Gasteiger partial charge in [-0.15, -0.1) is 0 Å². The van der Waals surface area contributed by atoms with Gasteiger partial charge >= 0.3 is 0 Å². The average molecular weight is 160 g/mol. The van der Waals surface area contributed by atoms with Gasteiger partial charge in [0, 0.05) is 12.5 Å². The highest BCUT2D eigenvalue weighted by atomic mass is 16.5. The van der Waals surface area contributed by atoms with Gasteiger partial charge in [0.25, 0.3) is 0 Å². The van der Waals surface area contributed by atoms with Crippen LogP contribution in [0, 0.1) is 11.3 Å². The molecule has 0 aliphatic rings. The molecule has 0 amide bonds. The zero-order chi connectivity index (χ0) is 9.07. The maximum Gasteiger partial charge on any atom is 0.0666 e. The smallest absolute Gasteiger partial charge is 0.0666 e. The Labute approximate surface area is 69.6 Å². The largest absolute Gasteiger partial charge is 0.396 e. The van der Waals surface area contributed by atoms with Crippen LogP contribution in [0.5, 0.6) is 0 Å². The number of aliphatic hydroxyl groups is 1. The van der Waals surface area contributed by atoms with E-state index in [1.165, 1.54) is 0 Å². The fourth-order valence-corrected chi connectivity index (χ4v) is 1.58. The molecule has 0 spiro atoms. The van der Waals surface area contributed by atoms with Crippen LogP contribution in [0.3, 0.4) is 0 Å². The molecule has 0 aromatic heterocycles. The molecule has 0 aliphatic heterocycles. The van der Waals surface area contributed by atoms with E-state index in [1.807, 2.05) is 13.8 Å². The van der Waals surface area contributed by atoms with E-state index < -0.39 is 0 Å². The van der Waals surface area contributed by atoms with Crippen molar-refractivity contribution in [2.45, 2.75) is 33.8 Å². The highest BCUT2D eigenvalue weighted by Gasteiger charge is 2.30. The fourth-order valence-electron chi connectivity index (χ4n) is 1.58. The molecule has 0 fully saturated rings. The predicted molar refractivity (Wildman–Crippen MR) is 46.5 cm³/mol. The van der Waals surface area contributed by atoms with Crippen molar-refractivity contribution >= 4 is 0 Å². The van der Waals surface area contributed by atoms with Gasteiger partial charge in [0.1, 0.15) is 0 Å². The van der Waals surface area contributed by atoms with E-state index in [9.17, 15) is 0 Å². The van der Waals surface area contributed by atoms with Gasteiger partial charge in [-0.2, -0.15) is 0 Å². The lowest BCUT2D eigenvalue weighted by Gasteiger charge is -2.34. The van der Waals surface area contributed by atoms with Crippen LogP contribution in [-0.4, -0.2) is 24.9 Å². The van der Waals surface area contributed by atoms with E-state index in [4.69, 9.17) is 9.84 Å². The van der Waals surface area contributed by atoms with Crippen molar-refractivity contribution in [2.24, 2.45) is 11.3 Å². The summed E-state index contributed by atoms with van der Waals surface area (Å²) in [5.41, 5.74) is -0.136. The zero-order valence-corrected chi connectivity index (χ0v) is 8.22. The van der Waals surface area contributed by atoms with Gasteiger partial charge in [-0.3, -0.25) is 0 Å². The molecular formula is C9H20O2. The molecule has 11 heavy (non-hydrogen) atoms. The Hall–Kier alpha value is -0.0800. The first kappa shape index (κ1) is 10.9. The Morgan fingerprint density at radius 3 is 1.91 bits per heavy atom. The second kappa shape index (κ2) is 4.07. The van der Waals surface area contributed by atoms with Gasteiger partial charge in [0.2, 0.25) is 0 Å². The van der Waals surface area contributed by atoms with Crippen molar-refractivity contribution in [2.75, 3.05) is 13.7 Å². The van der Waals surface area contributed by atoms with Crippen molar-refractivity contribution < 1.29 is 9.84 Å². The molecule has 1 N–H and O–H groups in total. The molecule has 1 unspecified atom stereocenters. The van der Waals surface area contributed by atoms with Crippen LogP contribution in [0.4, 0.5) is 0 Å². The number of rotatable bonds is 4. The molecule has 0 aromatic rings. The second-order valence-corrected chi connectivity index (χ2v) is 4.05. The Bertz CT molecular complexity index is 108. The molecule has 2 heteroatoms. The molecule has 0 heterocycles. The van der Waals surface area contributed by atoms with Gasteiger partial charge in [-0.25, -0.2) is 0 Å². The Balaban J connectivity index is 4.23. The van der Waals surface area contributed by atoms with Crippen LogP contribution in [-0.2, 0) is 4.74 Å². The Morgan fingerprint density at radius 2 is 1.82 bits per heavy atom. The van der Waals surface area contributed by atoms with Crippen molar-refractivity contribution in [3.8, 4) is 0 Å². The molecular weight excluding hydrogens is 140 g/mol. The summed E-state index contributed by atoms with van der Waals surface area (Å²) >= 11 is 0. The van der Waals surface area contributed by atoms with Crippen LogP contribution >= 0.6 is 0 Å². The molecule has 0 rings (SSSR count). The summed E-state index contributed by atoms with van der Waals surface area (Å²) in [6.07, 6.45) is 0.132. The highest BCUT2D eigenvalue weighted by Crippen LogP contribution is 2.27. The number of methoxy groups -OCH3 is 1. The maximum atomic E-state index is 9.06. The van der Waals surface area contributed by atoms with Crippen molar-refractivity contribution in [1.29, 1.82) is 0 Å². The van der Waals surface area contributed by atoms with E-state index in [0.29, 0.717) is 5.92 Å². The minimum absolute atomic E-state index is 0.132. The van der Waals surface area contributed by atoms with Crippen molar-refractivity contribution in [3.63, 3.8) is 0 Å². The minimum Gasteiger partial charge on any atom is -0.396 e. The van der Waals surface area contributed by atoms with Crippen LogP contribution in [0.15, 0.2) is 0 Å². The number of ether oxygens (including phenoxy) is 1. The van der Waals surface area contributed by atoms with Gasteiger partial charge < -0.3 is 9.84 Å². The molecule has 0 saturated heterocycles. The van der Waals surface area contributed by atoms with Crippen LogP contribution in [0.2, 0.25) is 0 Å². The van der Waals surface area contributed by atoms with E-state index in [2.05, 4.69) is 13.8 Å². The maximum absolute atomic E-state index is 9.06. The zero-order valence-electron chi connectivity index (χ0n) is 8.22. The lowest BCUT2D eigenvalue weighted by molar-refractivity contribution is -0.0498. The monoisotopic (exact) mass is 160 g/mol. The summed E-state index contributed by atoms with van der Waals surface area (Å²) in [5.74, 6) is 0.446. The summed E-state index contributed by atoms with van der Waals surface area (Å²) in [6.45, 7) is 8.41. The summed E-state index contributed by atoms with van der Waals surface area (Å²) in [4.78, 5) is 0.